The average Bonchev–Trinajstić information content (AvgIpc) is 2.45. The van der Waals surface area contributed by atoms with Gasteiger partial charge in [-0.2, -0.15) is 4.99 Å². The molecule has 1 heterocycles. The van der Waals surface area contributed by atoms with Crippen LogP contribution in [0.5, 0.6) is 0 Å². The zero-order valence-corrected chi connectivity index (χ0v) is 13.3. The number of rotatable bonds is 9. The molecular formula is C14H21N3O3S. The van der Waals surface area contributed by atoms with Gasteiger partial charge in [0.05, 0.1) is 5.16 Å². The Kier molecular flexibility index (Phi) is 7.64. The number of hydrogen-bond acceptors (Lipinski definition) is 5. The highest BCUT2D eigenvalue weighted by Crippen LogP contribution is 2.06. The highest BCUT2D eigenvalue weighted by atomic mass is 32.1. The highest BCUT2D eigenvalue weighted by Gasteiger charge is 2.11. The molecule has 0 unspecified atom stereocenters. The van der Waals surface area contributed by atoms with Crippen molar-refractivity contribution in [2.75, 3.05) is 6.61 Å². The molecule has 1 rings (SSSR count). The van der Waals surface area contributed by atoms with Crippen LogP contribution in [0.15, 0.2) is 14.6 Å². The molecular weight excluding hydrogens is 290 g/mol. The number of aromatic nitrogens is 2. The van der Waals surface area contributed by atoms with Crippen LogP contribution in [0.25, 0.3) is 0 Å². The number of nitrogens with zero attached hydrogens (tertiary/aromatic N) is 2. The van der Waals surface area contributed by atoms with Crippen molar-refractivity contribution in [1.82, 2.24) is 9.71 Å². The van der Waals surface area contributed by atoms with Crippen LogP contribution in [-0.2, 0) is 0 Å². The van der Waals surface area contributed by atoms with Gasteiger partial charge in [0.15, 0.2) is 5.69 Å². The Morgan fingerprint density at radius 3 is 2.57 bits per heavy atom. The predicted octanol–water partition coefficient (Wildman–Crippen LogP) is 2.37. The number of thiocarbonyl (C=S) groups is 1. The third-order valence-electron chi connectivity index (χ3n) is 3.10. The number of H-pyrrole nitrogens is 1. The van der Waals surface area contributed by atoms with Crippen LogP contribution in [-0.4, -0.2) is 21.5 Å². The first-order valence-corrected chi connectivity index (χ1v) is 7.59. The third kappa shape index (κ3) is 5.28. The smallest absolute Gasteiger partial charge is 0.362 e. The Morgan fingerprint density at radius 1 is 1.24 bits per heavy atom. The van der Waals surface area contributed by atoms with Gasteiger partial charge in [-0.25, -0.2) is 4.79 Å². The fraction of sp³-hybridized carbons (Fsp3) is 0.643. The summed E-state index contributed by atoms with van der Waals surface area (Å²) in [6.07, 6.45) is 6.59. The molecule has 7 heteroatoms. The van der Waals surface area contributed by atoms with Crippen molar-refractivity contribution in [3.63, 3.8) is 0 Å². The number of isothiocyanates is 1. The van der Waals surface area contributed by atoms with E-state index in [4.69, 9.17) is 4.84 Å². The van der Waals surface area contributed by atoms with Crippen LogP contribution in [0, 0.1) is 6.92 Å². The molecule has 0 saturated heterocycles. The number of nitrogens with one attached hydrogen (secondary N) is 1. The van der Waals surface area contributed by atoms with Gasteiger partial charge in [0, 0.05) is 5.69 Å². The maximum atomic E-state index is 12.0. The van der Waals surface area contributed by atoms with Gasteiger partial charge in [-0.05, 0) is 32.0 Å². The first-order valence-electron chi connectivity index (χ1n) is 7.19. The number of unbranched alkanes of at least 4 members (excludes halogenated alkanes) is 5. The summed E-state index contributed by atoms with van der Waals surface area (Å²) in [6, 6.07) is 0. The first kappa shape index (κ1) is 17.3. The summed E-state index contributed by atoms with van der Waals surface area (Å²) in [7, 11) is 0. The number of aromatic amines is 1. The summed E-state index contributed by atoms with van der Waals surface area (Å²) in [4.78, 5) is 35.2. The van der Waals surface area contributed by atoms with Crippen LogP contribution in [0.4, 0.5) is 5.69 Å². The first-order chi connectivity index (χ1) is 10.1. The lowest BCUT2D eigenvalue weighted by molar-refractivity contribution is 0.0883. The van der Waals surface area contributed by atoms with E-state index in [1.165, 1.54) is 19.3 Å². The van der Waals surface area contributed by atoms with Gasteiger partial charge in [-0.1, -0.05) is 37.3 Å². The van der Waals surface area contributed by atoms with E-state index in [1.807, 2.05) is 0 Å². The highest BCUT2D eigenvalue weighted by molar-refractivity contribution is 7.78. The molecule has 116 valence electrons. The molecule has 0 saturated carbocycles. The summed E-state index contributed by atoms with van der Waals surface area (Å²) >= 11 is 4.49. The van der Waals surface area contributed by atoms with Crippen LogP contribution < -0.4 is 16.1 Å². The average molecular weight is 311 g/mol. The number of aliphatic imine (C=N–C) groups is 1. The molecule has 21 heavy (non-hydrogen) atoms. The second-order valence-electron chi connectivity index (χ2n) is 4.81. The summed E-state index contributed by atoms with van der Waals surface area (Å²) in [5.74, 6) is 0. The summed E-state index contributed by atoms with van der Waals surface area (Å²) in [5, 5.41) is 2.13. The Morgan fingerprint density at radius 2 is 1.90 bits per heavy atom. The summed E-state index contributed by atoms with van der Waals surface area (Å²) in [5.41, 5.74) is -0.819. The Labute approximate surface area is 128 Å². The number of aryl methyl sites for hydroxylation is 1. The topological polar surface area (TPSA) is 76.4 Å². The maximum absolute atomic E-state index is 12.0. The van der Waals surface area contributed by atoms with Crippen LogP contribution in [0.2, 0.25) is 0 Å². The lowest BCUT2D eigenvalue weighted by atomic mass is 10.1. The monoisotopic (exact) mass is 311 g/mol. The molecule has 0 amide bonds. The van der Waals surface area contributed by atoms with E-state index in [2.05, 4.69) is 34.3 Å². The molecule has 1 N–H and O–H groups in total. The van der Waals surface area contributed by atoms with Crippen molar-refractivity contribution in [2.45, 2.75) is 52.4 Å². The van der Waals surface area contributed by atoms with Gasteiger partial charge >= 0.3 is 11.2 Å². The van der Waals surface area contributed by atoms with Gasteiger partial charge < -0.3 is 9.82 Å². The molecule has 1 aromatic rings. The van der Waals surface area contributed by atoms with E-state index < -0.39 is 11.2 Å². The molecule has 1 aromatic heterocycles. The zero-order chi connectivity index (χ0) is 15.7. The molecule has 0 bridgehead atoms. The van der Waals surface area contributed by atoms with Crippen molar-refractivity contribution in [3.05, 3.63) is 26.5 Å². The van der Waals surface area contributed by atoms with E-state index in [9.17, 15) is 9.59 Å². The van der Waals surface area contributed by atoms with E-state index in [0.29, 0.717) is 17.0 Å². The van der Waals surface area contributed by atoms with Gasteiger partial charge in [-0.3, -0.25) is 4.79 Å². The number of hydrogen-bond donors (Lipinski definition) is 1. The van der Waals surface area contributed by atoms with E-state index in [0.717, 1.165) is 19.3 Å². The second kappa shape index (κ2) is 9.26. The summed E-state index contributed by atoms with van der Waals surface area (Å²) in [6.45, 7) is 4.06. The second-order valence-corrected chi connectivity index (χ2v) is 4.99. The quantitative estimate of drug-likeness (QED) is 0.431. The van der Waals surface area contributed by atoms with Crippen LogP contribution in [0.1, 0.15) is 51.1 Å². The summed E-state index contributed by atoms with van der Waals surface area (Å²) < 4.78 is 0.699. The van der Waals surface area contributed by atoms with Crippen molar-refractivity contribution in [3.8, 4) is 0 Å². The van der Waals surface area contributed by atoms with Crippen LogP contribution in [0.3, 0.4) is 0 Å². The van der Waals surface area contributed by atoms with Crippen molar-refractivity contribution < 1.29 is 4.84 Å². The van der Waals surface area contributed by atoms with Gasteiger partial charge in [0.1, 0.15) is 6.61 Å². The Bertz CT molecular complexity index is 615. The molecule has 0 radical (unpaired) electrons. The van der Waals surface area contributed by atoms with Gasteiger partial charge in [0.25, 0.3) is 0 Å². The molecule has 0 aliphatic heterocycles. The molecule has 6 nitrogen and oxygen atoms in total. The zero-order valence-electron chi connectivity index (χ0n) is 12.5. The lowest BCUT2D eigenvalue weighted by Crippen LogP contribution is -2.40. The van der Waals surface area contributed by atoms with Gasteiger partial charge in [-0.15, -0.1) is 0 Å². The molecule has 0 aromatic carbocycles. The Hall–Kier alpha value is -1.72. The van der Waals surface area contributed by atoms with E-state index in [-0.39, 0.29) is 5.69 Å². The van der Waals surface area contributed by atoms with Crippen molar-refractivity contribution in [2.24, 2.45) is 4.99 Å². The molecule has 0 spiro atoms. The lowest BCUT2D eigenvalue weighted by Gasteiger charge is -2.08. The molecule has 0 aliphatic carbocycles. The minimum Gasteiger partial charge on any atom is -0.406 e. The van der Waals surface area contributed by atoms with Crippen molar-refractivity contribution >= 4 is 23.1 Å². The molecule has 0 aliphatic rings. The SMILES string of the molecule is CCCCCCCCOn1c(=O)[nH]c(C)c(N=C=S)c1=O. The third-order valence-corrected chi connectivity index (χ3v) is 3.19. The molecule has 0 atom stereocenters. The van der Waals surface area contributed by atoms with E-state index >= 15 is 0 Å². The molecule has 0 fully saturated rings. The minimum absolute atomic E-state index is 0.0487. The fourth-order valence-electron chi connectivity index (χ4n) is 1.95. The predicted molar refractivity (Wildman–Crippen MR) is 85.6 cm³/mol. The van der Waals surface area contributed by atoms with Crippen molar-refractivity contribution in [1.29, 1.82) is 0 Å². The van der Waals surface area contributed by atoms with Gasteiger partial charge in [0.2, 0.25) is 0 Å². The van der Waals surface area contributed by atoms with E-state index in [1.54, 1.807) is 6.92 Å². The normalized spacial score (nSPS) is 10.2. The Balaban J connectivity index is 2.63. The maximum Gasteiger partial charge on any atom is 0.362 e. The van der Waals surface area contributed by atoms with Crippen LogP contribution >= 0.6 is 12.2 Å². The minimum atomic E-state index is -0.611. The standard InChI is InChI=1S/C14H21N3O3S/c1-3-4-5-6-7-8-9-20-17-13(18)12(15-10-21)11(2)16-14(17)19/h3-9H2,1-2H3,(H,16,19). The fourth-order valence-corrected chi connectivity index (χ4v) is 2.04. The largest absolute Gasteiger partial charge is 0.406 e.